The van der Waals surface area contributed by atoms with Crippen molar-refractivity contribution in [1.29, 1.82) is 0 Å². The summed E-state index contributed by atoms with van der Waals surface area (Å²) in [5, 5.41) is 20.4. The van der Waals surface area contributed by atoms with E-state index in [9.17, 15) is 28.4 Å². The number of halogens is 3. The number of non-ortho nitro benzene ring substituents is 1. The van der Waals surface area contributed by atoms with Gasteiger partial charge >= 0.3 is 6.18 Å². The summed E-state index contributed by atoms with van der Waals surface area (Å²) < 4.78 is 38.2. The molecule has 2 aromatic rings. The van der Waals surface area contributed by atoms with Crippen molar-refractivity contribution >= 4 is 11.9 Å². The number of aliphatic imine (C=N–C) groups is 1. The summed E-state index contributed by atoms with van der Waals surface area (Å²) in [5.74, 6) is -0.208. The fraction of sp³-hybridized carbons (Fsp3) is 0.188. The molecule has 0 unspecified atom stereocenters. The maximum atomic E-state index is 12.7. The molecule has 0 heterocycles. The Labute approximate surface area is 135 Å². The molecule has 1 N–H and O–H groups in total. The van der Waals surface area contributed by atoms with E-state index >= 15 is 0 Å². The predicted octanol–water partition coefficient (Wildman–Crippen LogP) is 4.50. The smallest absolute Gasteiger partial charge is 0.416 e. The van der Waals surface area contributed by atoms with E-state index < -0.39 is 22.7 Å². The Morgan fingerprint density at radius 3 is 2.58 bits per heavy atom. The third kappa shape index (κ3) is 4.09. The van der Waals surface area contributed by atoms with E-state index in [4.69, 9.17) is 0 Å². The van der Waals surface area contributed by atoms with Crippen LogP contribution in [0.25, 0.3) is 0 Å². The van der Waals surface area contributed by atoms with Gasteiger partial charge in [0.25, 0.3) is 5.69 Å². The highest BCUT2D eigenvalue weighted by Gasteiger charge is 2.30. The molecule has 0 aliphatic rings. The molecule has 0 amide bonds. The number of phenols is 1. The standard InChI is InChI=1S/C16H13F3N2O3/c1-10(11-3-2-4-13(7-11)16(17,18)19)20-9-12-8-14(21(23)24)5-6-15(12)22/h2-10,22H,1H3/t10-/m0/s1. The molecule has 0 saturated heterocycles. The third-order valence-electron chi connectivity index (χ3n) is 3.36. The van der Waals surface area contributed by atoms with Crippen molar-refractivity contribution in [3.63, 3.8) is 0 Å². The Bertz CT molecular complexity index is 788. The Balaban J connectivity index is 2.26. The monoisotopic (exact) mass is 338 g/mol. The summed E-state index contributed by atoms with van der Waals surface area (Å²) in [7, 11) is 0. The summed E-state index contributed by atoms with van der Waals surface area (Å²) >= 11 is 0. The first kappa shape index (κ1) is 17.5. The number of hydrogen-bond donors (Lipinski definition) is 1. The van der Waals surface area contributed by atoms with Crippen LogP contribution in [0.2, 0.25) is 0 Å². The van der Waals surface area contributed by atoms with Crippen LogP contribution in [0.3, 0.4) is 0 Å². The van der Waals surface area contributed by atoms with Gasteiger partial charge in [-0.2, -0.15) is 13.2 Å². The average molecular weight is 338 g/mol. The van der Waals surface area contributed by atoms with Crippen LogP contribution in [0, 0.1) is 10.1 Å². The van der Waals surface area contributed by atoms with E-state index in [1.807, 2.05) is 0 Å². The molecule has 126 valence electrons. The average Bonchev–Trinajstić information content (AvgIpc) is 2.53. The SMILES string of the molecule is C[C@H](N=Cc1cc([N+](=O)[O-])ccc1O)c1cccc(C(F)(F)F)c1. The third-order valence-corrected chi connectivity index (χ3v) is 3.36. The zero-order chi connectivity index (χ0) is 17.9. The Hall–Kier alpha value is -2.90. The molecule has 0 fully saturated rings. The molecule has 8 heteroatoms. The number of nitro benzene ring substituents is 1. The molecule has 0 aliphatic carbocycles. The molecular formula is C16H13F3N2O3. The van der Waals surface area contributed by atoms with Crippen LogP contribution in [0.4, 0.5) is 18.9 Å². The molecular weight excluding hydrogens is 325 g/mol. The lowest BCUT2D eigenvalue weighted by atomic mass is 10.1. The minimum Gasteiger partial charge on any atom is -0.507 e. The summed E-state index contributed by atoms with van der Waals surface area (Å²) in [6.07, 6.45) is -3.25. The number of rotatable bonds is 4. The number of aromatic hydroxyl groups is 1. The number of benzene rings is 2. The zero-order valence-electron chi connectivity index (χ0n) is 12.5. The van der Waals surface area contributed by atoms with Gasteiger partial charge < -0.3 is 5.11 Å². The van der Waals surface area contributed by atoms with Gasteiger partial charge in [0.1, 0.15) is 5.75 Å². The Morgan fingerprint density at radius 1 is 1.25 bits per heavy atom. The fourth-order valence-electron chi connectivity index (χ4n) is 2.01. The molecule has 0 aliphatic heterocycles. The molecule has 5 nitrogen and oxygen atoms in total. The van der Waals surface area contributed by atoms with E-state index in [2.05, 4.69) is 4.99 Å². The zero-order valence-corrected chi connectivity index (χ0v) is 12.5. The Morgan fingerprint density at radius 2 is 1.96 bits per heavy atom. The van der Waals surface area contributed by atoms with Crippen LogP contribution in [0.1, 0.15) is 29.7 Å². The van der Waals surface area contributed by atoms with Gasteiger partial charge in [-0.3, -0.25) is 15.1 Å². The molecule has 0 radical (unpaired) electrons. The molecule has 2 rings (SSSR count). The van der Waals surface area contributed by atoms with Gasteiger partial charge in [-0.15, -0.1) is 0 Å². The topological polar surface area (TPSA) is 75.7 Å². The van der Waals surface area contributed by atoms with Gasteiger partial charge in [0, 0.05) is 23.9 Å². The van der Waals surface area contributed by atoms with E-state index in [1.54, 1.807) is 6.92 Å². The molecule has 24 heavy (non-hydrogen) atoms. The van der Waals surface area contributed by atoms with E-state index in [0.717, 1.165) is 30.3 Å². The first-order chi connectivity index (χ1) is 11.2. The van der Waals surface area contributed by atoms with Crippen LogP contribution in [0.5, 0.6) is 5.75 Å². The van der Waals surface area contributed by atoms with E-state index in [1.165, 1.54) is 18.3 Å². The number of alkyl halides is 3. The Kier molecular flexibility index (Phi) is 4.87. The molecule has 0 aromatic heterocycles. The largest absolute Gasteiger partial charge is 0.507 e. The fourth-order valence-corrected chi connectivity index (χ4v) is 2.01. The van der Waals surface area contributed by atoms with Gasteiger partial charge in [-0.25, -0.2) is 0 Å². The van der Waals surface area contributed by atoms with Gasteiger partial charge in [-0.1, -0.05) is 12.1 Å². The maximum absolute atomic E-state index is 12.7. The van der Waals surface area contributed by atoms with Gasteiger partial charge in [0.05, 0.1) is 16.5 Å². The van der Waals surface area contributed by atoms with Gasteiger partial charge in [-0.05, 0) is 30.7 Å². The van der Waals surface area contributed by atoms with E-state index in [-0.39, 0.29) is 17.0 Å². The number of hydrogen-bond acceptors (Lipinski definition) is 4. The van der Waals surface area contributed by atoms with Crippen molar-refractivity contribution < 1.29 is 23.2 Å². The van der Waals surface area contributed by atoms with Crippen LogP contribution in [-0.4, -0.2) is 16.2 Å². The summed E-state index contributed by atoms with van der Waals surface area (Å²) in [5.41, 5.74) is -0.546. The molecule has 0 bridgehead atoms. The van der Waals surface area contributed by atoms with Crippen molar-refractivity contribution in [3.05, 3.63) is 69.3 Å². The number of nitro groups is 1. The highest BCUT2D eigenvalue weighted by atomic mass is 19.4. The van der Waals surface area contributed by atoms with Crippen molar-refractivity contribution in [2.45, 2.75) is 19.1 Å². The summed E-state index contributed by atoms with van der Waals surface area (Å²) in [6, 6.07) is 7.57. The first-order valence-corrected chi connectivity index (χ1v) is 6.86. The molecule has 1 atom stereocenters. The predicted molar refractivity (Wildman–Crippen MR) is 82.2 cm³/mol. The van der Waals surface area contributed by atoms with Crippen molar-refractivity contribution in [1.82, 2.24) is 0 Å². The van der Waals surface area contributed by atoms with Crippen molar-refractivity contribution in [3.8, 4) is 5.75 Å². The molecule has 0 spiro atoms. The lowest BCUT2D eigenvalue weighted by molar-refractivity contribution is -0.384. The second-order valence-corrected chi connectivity index (χ2v) is 5.08. The molecule has 0 saturated carbocycles. The summed E-state index contributed by atoms with van der Waals surface area (Å²) in [4.78, 5) is 14.2. The van der Waals surface area contributed by atoms with Crippen LogP contribution in [-0.2, 0) is 6.18 Å². The van der Waals surface area contributed by atoms with Crippen LogP contribution < -0.4 is 0 Å². The molecule has 2 aromatic carbocycles. The highest BCUT2D eigenvalue weighted by Crippen LogP contribution is 2.31. The minimum absolute atomic E-state index is 0.114. The van der Waals surface area contributed by atoms with Crippen molar-refractivity contribution in [2.75, 3.05) is 0 Å². The second kappa shape index (κ2) is 6.69. The number of nitrogens with zero attached hydrogens (tertiary/aromatic N) is 2. The minimum atomic E-state index is -4.45. The van der Waals surface area contributed by atoms with Gasteiger partial charge in [0.15, 0.2) is 0 Å². The first-order valence-electron chi connectivity index (χ1n) is 6.86. The van der Waals surface area contributed by atoms with Crippen LogP contribution in [0.15, 0.2) is 47.5 Å². The normalized spacial score (nSPS) is 13.2. The maximum Gasteiger partial charge on any atom is 0.416 e. The van der Waals surface area contributed by atoms with Gasteiger partial charge in [0.2, 0.25) is 0 Å². The van der Waals surface area contributed by atoms with Crippen molar-refractivity contribution in [2.24, 2.45) is 4.99 Å². The second-order valence-electron chi connectivity index (χ2n) is 5.08. The lowest BCUT2D eigenvalue weighted by Gasteiger charge is -2.11. The lowest BCUT2D eigenvalue weighted by Crippen LogP contribution is -2.05. The van der Waals surface area contributed by atoms with Crippen LogP contribution >= 0.6 is 0 Å². The van der Waals surface area contributed by atoms with E-state index in [0.29, 0.717) is 5.56 Å². The number of phenolic OH excluding ortho intramolecular Hbond substituents is 1. The quantitative estimate of drug-likeness (QED) is 0.507. The highest BCUT2D eigenvalue weighted by molar-refractivity contribution is 5.84. The summed E-state index contributed by atoms with van der Waals surface area (Å²) in [6.45, 7) is 1.58.